The summed E-state index contributed by atoms with van der Waals surface area (Å²) in [5.74, 6) is 1.77. The molecule has 0 aliphatic carbocycles. The number of hydrogen-bond acceptors (Lipinski definition) is 7. The van der Waals surface area contributed by atoms with Crippen LogP contribution in [0.3, 0.4) is 0 Å². The fourth-order valence-electron chi connectivity index (χ4n) is 5.91. The molecule has 3 aromatic rings. The van der Waals surface area contributed by atoms with E-state index < -0.39 is 5.60 Å². The number of anilines is 1. The highest BCUT2D eigenvalue weighted by molar-refractivity contribution is 6.32. The summed E-state index contributed by atoms with van der Waals surface area (Å²) in [5, 5.41) is 4.40. The van der Waals surface area contributed by atoms with E-state index in [-0.39, 0.29) is 6.09 Å². The first kappa shape index (κ1) is 29.3. The largest absolute Gasteiger partial charge is 0.496 e. The Morgan fingerprint density at radius 3 is 2.49 bits per heavy atom. The number of benzene rings is 1. The maximum absolute atomic E-state index is 12.4. The number of likely N-dealkylation sites (tertiary alicyclic amines) is 1. The molecule has 2 saturated heterocycles. The average Bonchev–Trinajstić information content (AvgIpc) is 3.58. The number of amides is 1. The summed E-state index contributed by atoms with van der Waals surface area (Å²) in [5.41, 5.74) is 3.18. The number of imidazole rings is 1. The van der Waals surface area contributed by atoms with Crippen LogP contribution in [-0.4, -0.2) is 78.5 Å². The number of hydrogen-bond donors (Lipinski definition) is 1. The Labute approximate surface area is 247 Å². The van der Waals surface area contributed by atoms with Crippen molar-refractivity contribution in [2.45, 2.75) is 64.6 Å². The van der Waals surface area contributed by atoms with Crippen LogP contribution >= 0.6 is 11.6 Å². The minimum absolute atomic E-state index is 0.198. The van der Waals surface area contributed by atoms with Gasteiger partial charge < -0.3 is 33.7 Å². The number of ether oxygens (including phenoxy) is 3. The van der Waals surface area contributed by atoms with Crippen molar-refractivity contribution in [3.63, 3.8) is 0 Å². The number of nitrogens with one attached hydrogen (secondary N) is 1. The highest BCUT2D eigenvalue weighted by Crippen LogP contribution is 2.38. The molecule has 0 radical (unpaired) electrons. The van der Waals surface area contributed by atoms with E-state index in [1.807, 2.05) is 42.3 Å². The van der Waals surface area contributed by atoms with Crippen molar-refractivity contribution in [2.75, 3.05) is 45.3 Å². The number of halogens is 1. The summed E-state index contributed by atoms with van der Waals surface area (Å²) in [6.07, 6.45) is 6.93. The number of rotatable bonds is 7. The van der Waals surface area contributed by atoms with E-state index in [9.17, 15) is 4.79 Å². The van der Waals surface area contributed by atoms with Gasteiger partial charge in [-0.25, -0.2) is 9.78 Å². The van der Waals surface area contributed by atoms with Crippen molar-refractivity contribution < 1.29 is 19.0 Å². The monoisotopic (exact) mass is 583 g/mol. The van der Waals surface area contributed by atoms with E-state index >= 15 is 0 Å². The molecule has 2 atom stereocenters. The fourth-order valence-corrected chi connectivity index (χ4v) is 6.15. The Morgan fingerprint density at radius 2 is 1.80 bits per heavy atom. The van der Waals surface area contributed by atoms with Crippen molar-refractivity contribution in [3.8, 4) is 22.8 Å². The molecule has 10 heteroatoms. The third-order valence-corrected chi connectivity index (χ3v) is 8.44. The number of fused-ring (bicyclic) bond motifs is 1. The Morgan fingerprint density at radius 1 is 1.07 bits per heavy atom. The van der Waals surface area contributed by atoms with Gasteiger partial charge in [0.25, 0.3) is 0 Å². The van der Waals surface area contributed by atoms with Gasteiger partial charge >= 0.3 is 6.09 Å². The van der Waals surface area contributed by atoms with Crippen LogP contribution in [0.15, 0.2) is 36.7 Å². The van der Waals surface area contributed by atoms with Gasteiger partial charge in [-0.05, 0) is 65.0 Å². The van der Waals surface area contributed by atoms with Gasteiger partial charge in [-0.3, -0.25) is 0 Å². The molecule has 0 spiro atoms. The SMILES string of the molecule is COc1cc(OC)c(-c2cn3ccc(N4CCC(NC(C)C5CCN(C(=O)OC(C)(C)C)CC5)C4)cc3n2)cc1Cl. The van der Waals surface area contributed by atoms with Gasteiger partial charge in [0.05, 0.1) is 24.9 Å². The van der Waals surface area contributed by atoms with E-state index in [4.69, 9.17) is 30.8 Å². The molecule has 1 amide bonds. The van der Waals surface area contributed by atoms with Crippen molar-refractivity contribution in [2.24, 2.45) is 5.92 Å². The summed E-state index contributed by atoms with van der Waals surface area (Å²) >= 11 is 6.41. The van der Waals surface area contributed by atoms with Gasteiger partial charge in [0, 0.05) is 74.0 Å². The lowest BCUT2D eigenvalue weighted by Crippen LogP contribution is -2.48. The zero-order valence-electron chi connectivity index (χ0n) is 24.9. The van der Waals surface area contributed by atoms with Gasteiger partial charge in [-0.1, -0.05) is 11.6 Å². The number of methoxy groups -OCH3 is 2. The number of pyridine rings is 1. The molecule has 4 heterocycles. The summed E-state index contributed by atoms with van der Waals surface area (Å²) in [6, 6.07) is 8.72. The van der Waals surface area contributed by atoms with Gasteiger partial charge in [0.2, 0.25) is 0 Å². The molecular weight excluding hydrogens is 542 g/mol. The van der Waals surface area contributed by atoms with Gasteiger partial charge in [-0.2, -0.15) is 0 Å². The highest BCUT2D eigenvalue weighted by Gasteiger charge is 2.31. The molecule has 2 aliphatic rings. The van der Waals surface area contributed by atoms with Crippen molar-refractivity contribution in [1.82, 2.24) is 19.6 Å². The first-order chi connectivity index (χ1) is 19.5. The predicted molar refractivity (Wildman–Crippen MR) is 162 cm³/mol. The van der Waals surface area contributed by atoms with E-state index in [0.29, 0.717) is 34.5 Å². The van der Waals surface area contributed by atoms with Crippen LogP contribution in [-0.2, 0) is 4.74 Å². The average molecular weight is 584 g/mol. The number of nitrogens with zero attached hydrogens (tertiary/aromatic N) is 4. The smallest absolute Gasteiger partial charge is 0.410 e. The van der Waals surface area contributed by atoms with Crippen LogP contribution in [0.5, 0.6) is 11.5 Å². The third kappa shape index (κ3) is 6.67. The van der Waals surface area contributed by atoms with Gasteiger partial charge in [-0.15, -0.1) is 0 Å². The van der Waals surface area contributed by atoms with E-state index in [0.717, 1.165) is 68.0 Å². The number of carbonyl (C=O) groups excluding carboxylic acids is 1. The Kier molecular flexibility index (Phi) is 8.57. The van der Waals surface area contributed by atoms with Crippen LogP contribution in [0.2, 0.25) is 5.02 Å². The summed E-state index contributed by atoms with van der Waals surface area (Å²) in [6.45, 7) is 11.5. The lowest BCUT2D eigenvalue weighted by Gasteiger charge is -2.36. The number of carbonyl (C=O) groups is 1. The van der Waals surface area contributed by atoms with Gasteiger partial charge in [0.1, 0.15) is 22.7 Å². The van der Waals surface area contributed by atoms with Crippen LogP contribution < -0.4 is 19.7 Å². The Hall–Kier alpha value is -3.17. The topological polar surface area (TPSA) is 80.6 Å². The predicted octanol–water partition coefficient (Wildman–Crippen LogP) is 5.88. The second kappa shape index (κ2) is 12.0. The summed E-state index contributed by atoms with van der Waals surface area (Å²) in [4.78, 5) is 21.6. The van der Waals surface area contributed by atoms with Crippen LogP contribution in [0, 0.1) is 5.92 Å². The molecule has 5 rings (SSSR count). The Balaban J connectivity index is 1.19. The van der Waals surface area contributed by atoms with E-state index in [2.05, 4.69) is 35.5 Å². The zero-order valence-corrected chi connectivity index (χ0v) is 25.7. The Bertz CT molecular complexity index is 1380. The molecule has 2 fully saturated rings. The lowest BCUT2D eigenvalue weighted by molar-refractivity contribution is 0.0170. The number of aromatic nitrogens is 2. The van der Waals surface area contributed by atoms with Crippen LogP contribution in [0.1, 0.15) is 47.0 Å². The molecule has 2 aromatic heterocycles. The minimum Gasteiger partial charge on any atom is -0.496 e. The molecule has 9 nitrogen and oxygen atoms in total. The minimum atomic E-state index is -0.458. The van der Waals surface area contributed by atoms with Gasteiger partial charge in [0.15, 0.2) is 0 Å². The molecule has 0 bridgehead atoms. The maximum atomic E-state index is 12.4. The molecule has 41 heavy (non-hydrogen) atoms. The van der Waals surface area contributed by atoms with Crippen molar-refractivity contribution in [3.05, 3.63) is 41.7 Å². The molecule has 0 saturated carbocycles. The van der Waals surface area contributed by atoms with Crippen molar-refractivity contribution in [1.29, 1.82) is 0 Å². The van der Waals surface area contributed by atoms with Crippen molar-refractivity contribution >= 4 is 29.0 Å². The summed E-state index contributed by atoms with van der Waals surface area (Å²) < 4.78 is 18.5. The molecule has 2 aliphatic heterocycles. The standard InChI is InChI=1S/C31H42ClN5O4/c1-20(21-7-11-35(12-8-21)30(38)41-31(2,3)4)33-22-9-13-36(18-22)23-10-14-37-19-26(34-29(37)15-23)24-16-25(32)28(40-6)17-27(24)39-5/h10,14-17,19-22,33H,7-9,11-13,18H2,1-6H3. The fraction of sp³-hybridized carbons (Fsp3) is 0.548. The number of piperidine rings is 1. The first-order valence-corrected chi connectivity index (χ1v) is 14.8. The molecule has 2 unspecified atom stereocenters. The summed E-state index contributed by atoms with van der Waals surface area (Å²) in [7, 11) is 3.22. The maximum Gasteiger partial charge on any atom is 0.410 e. The normalized spacial score (nSPS) is 19.0. The van der Waals surface area contributed by atoms with Crippen LogP contribution in [0.4, 0.5) is 10.5 Å². The van der Waals surface area contributed by atoms with E-state index in [1.54, 1.807) is 20.3 Å². The second-order valence-electron chi connectivity index (χ2n) is 12.2. The molecule has 1 aromatic carbocycles. The quantitative estimate of drug-likeness (QED) is 0.372. The third-order valence-electron chi connectivity index (χ3n) is 8.14. The second-order valence-corrected chi connectivity index (χ2v) is 12.6. The zero-order chi connectivity index (χ0) is 29.3. The molecular formula is C31H42ClN5O4. The van der Waals surface area contributed by atoms with Crippen LogP contribution in [0.25, 0.3) is 16.9 Å². The first-order valence-electron chi connectivity index (χ1n) is 14.4. The molecule has 1 N–H and O–H groups in total. The van der Waals surface area contributed by atoms with E-state index in [1.165, 1.54) is 0 Å². The lowest BCUT2D eigenvalue weighted by atomic mass is 9.90. The highest BCUT2D eigenvalue weighted by atomic mass is 35.5. The molecule has 222 valence electrons.